The van der Waals surface area contributed by atoms with Gasteiger partial charge in [0.15, 0.2) is 0 Å². The monoisotopic (exact) mass is 414 g/mol. The SMILES string of the molecule is C=CCN(CCc1ccccc1)C(=O)c1cccc(S(=O)(=O)N2CCOCC2)c1. The van der Waals surface area contributed by atoms with Crippen molar-refractivity contribution < 1.29 is 17.9 Å². The molecule has 0 saturated carbocycles. The number of nitrogens with zero attached hydrogens (tertiary/aromatic N) is 2. The first-order valence-corrected chi connectivity index (χ1v) is 11.1. The van der Waals surface area contributed by atoms with Gasteiger partial charge in [-0.05, 0) is 30.2 Å². The number of carbonyl (C=O) groups excluding carboxylic acids is 1. The molecule has 1 aliphatic rings. The number of rotatable bonds is 8. The molecule has 154 valence electrons. The predicted molar refractivity (Wildman–Crippen MR) is 112 cm³/mol. The van der Waals surface area contributed by atoms with Crippen LogP contribution in [-0.2, 0) is 21.2 Å². The van der Waals surface area contributed by atoms with Gasteiger partial charge in [-0.1, -0.05) is 42.5 Å². The van der Waals surface area contributed by atoms with Gasteiger partial charge in [0, 0.05) is 31.7 Å². The van der Waals surface area contributed by atoms with Gasteiger partial charge in [-0.15, -0.1) is 6.58 Å². The summed E-state index contributed by atoms with van der Waals surface area (Å²) in [6, 6.07) is 16.2. The molecule has 7 heteroatoms. The fourth-order valence-electron chi connectivity index (χ4n) is 3.25. The Balaban J connectivity index is 1.77. The minimum absolute atomic E-state index is 0.131. The normalized spacial score (nSPS) is 15.0. The molecule has 1 fully saturated rings. The average molecular weight is 415 g/mol. The van der Waals surface area contributed by atoms with E-state index in [4.69, 9.17) is 4.74 Å². The highest BCUT2D eigenvalue weighted by molar-refractivity contribution is 7.89. The van der Waals surface area contributed by atoms with Crippen molar-refractivity contribution in [2.75, 3.05) is 39.4 Å². The molecule has 1 saturated heterocycles. The lowest BCUT2D eigenvalue weighted by Gasteiger charge is -2.26. The molecule has 0 N–H and O–H groups in total. The maximum atomic E-state index is 13.1. The molecule has 0 bridgehead atoms. The highest BCUT2D eigenvalue weighted by Crippen LogP contribution is 2.19. The molecule has 3 rings (SSSR count). The highest BCUT2D eigenvalue weighted by atomic mass is 32.2. The Labute approximate surface area is 172 Å². The smallest absolute Gasteiger partial charge is 0.254 e. The van der Waals surface area contributed by atoms with E-state index in [-0.39, 0.29) is 10.8 Å². The van der Waals surface area contributed by atoms with Crippen LogP contribution in [0.3, 0.4) is 0 Å². The standard InChI is InChI=1S/C22H26N2O4S/c1-2-12-23(13-11-19-7-4-3-5-8-19)22(25)20-9-6-10-21(18-20)29(26,27)24-14-16-28-17-15-24/h2-10,18H,1,11-17H2. The molecule has 6 nitrogen and oxygen atoms in total. The molecule has 0 spiro atoms. The second-order valence-corrected chi connectivity index (χ2v) is 8.76. The second-order valence-electron chi connectivity index (χ2n) is 6.82. The van der Waals surface area contributed by atoms with Crippen LogP contribution in [0.4, 0.5) is 0 Å². The van der Waals surface area contributed by atoms with E-state index in [2.05, 4.69) is 6.58 Å². The van der Waals surface area contributed by atoms with Crippen LogP contribution in [0, 0.1) is 0 Å². The largest absolute Gasteiger partial charge is 0.379 e. The van der Waals surface area contributed by atoms with Crippen molar-refractivity contribution >= 4 is 15.9 Å². The fraction of sp³-hybridized carbons (Fsp3) is 0.318. The van der Waals surface area contributed by atoms with E-state index in [0.717, 1.165) is 5.56 Å². The lowest BCUT2D eigenvalue weighted by Crippen LogP contribution is -2.40. The lowest BCUT2D eigenvalue weighted by atomic mass is 10.1. The molecule has 1 amide bonds. The number of benzene rings is 2. The summed E-state index contributed by atoms with van der Waals surface area (Å²) >= 11 is 0. The summed E-state index contributed by atoms with van der Waals surface area (Å²) in [5, 5.41) is 0. The zero-order valence-corrected chi connectivity index (χ0v) is 17.2. The third-order valence-corrected chi connectivity index (χ3v) is 6.73. The minimum atomic E-state index is -3.65. The van der Waals surface area contributed by atoms with Gasteiger partial charge >= 0.3 is 0 Å². The summed E-state index contributed by atoms with van der Waals surface area (Å²) in [7, 11) is -3.65. The zero-order chi connectivity index (χ0) is 20.7. The average Bonchev–Trinajstić information content (AvgIpc) is 2.77. The first kappa shape index (κ1) is 21.2. The lowest BCUT2D eigenvalue weighted by molar-refractivity contribution is 0.0730. The number of hydrogen-bond donors (Lipinski definition) is 0. The first-order valence-electron chi connectivity index (χ1n) is 9.64. The summed E-state index contributed by atoms with van der Waals surface area (Å²) < 4.78 is 32.4. The molecule has 2 aromatic carbocycles. The van der Waals surface area contributed by atoms with Crippen LogP contribution in [0.2, 0.25) is 0 Å². The molecule has 0 radical (unpaired) electrons. The molecule has 1 aliphatic heterocycles. The van der Waals surface area contributed by atoms with Crippen molar-refractivity contribution in [1.82, 2.24) is 9.21 Å². The maximum Gasteiger partial charge on any atom is 0.254 e. The summed E-state index contributed by atoms with van der Waals surface area (Å²) in [5.74, 6) is -0.208. The van der Waals surface area contributed by atoms with Crippen molar-refractivity contribution in [3.63, 3.8) is 0 Å². The molecule has 0 atom stereocenters. The predicted octanol–water partition coefficient (Wildman–Crippen LogP) is 2.58. The third kappa shape index (κ3) is 5.32. The van der Waals surface area contributed by atoms with Gasteiger partial charge in [0.25, 0.3) is 5.91 Å². The Morgan fingerprint density at radius 1 is 1.10 bits per heavy atom. The van der Waals surface area contributed by atoms with Gasteiger partial charge in [-0.25, -0.2) is 8.42 Å². The van der Waals surface area contributed by atoms with Crippen LogP contribution in [-0.4, -0.2) is 62.9 Å². The third-order valence-electron chi connectivity index (χ3n) is 4.84. The van der Waals surface area contributed by atoms with E-state index in [1.54, 1.807) is 23.1 Å². The molecular weight excluding hydrogens is 388 g/mol. The minimum Gasteiger partial charge on any atom is -0.379 e. The summed E-state index contributed by atoms with van der Waals surface area (Å²) in [5.41, 5.74) is 1.49. The van der Waals surface area contributed by atoms with Crippen LogP contribution in [0.1, 0.15) is 15.9 Å². The number of carbonyl (C=O) groups is 1. The van der Waals surface area contributed by atoms with Crippen LogP contribution >= 0.6 is 0 Å². The summed E-state index contributed by atoms with van der Waals surface area (Å²) in [6.45, 7) is 6.06. The van der Waals surface area contributed by atoms with Gasteiger partial charge in [0.1, 0.15) is 0 Å². The second kappa shape index (κ2) is 9.82. The van der Waals surface area contributed by atoms with E-state index in [0.29, 0.717) is 51.4 Å². The van der Waals surface area contributed by atoms with Gasteiger partial charge in [-0.2, -0.15) is 4.31 Å². The van der Waals surface area contributed by atoms with E-state index in [1.807, 2.05) is 30.3 Å². The van der Waals surface area contributed by atoms with Crippen molar-refractivity contribution in [3.05, 3.63) is 78.4 Å². The number of amides is 1. The van der Waals surface area contributed by atoms with Gasteiger partial charge in [0.05, 0.1) is 18.1 Å². The van der Waals surface area contributed by atoms with Crippen LogP contribution in [0.15, 0.2) is 72.1 Å². The van der Waals surface area contributed by atoms with E-state index in [1.165, 1.54) is 16.4 Å². The number of hydrogen-bond acceptors (Lipinski definition) is 4. The number of morpholine rings is 1. The quantitative estimate of drug-likeness (QED) is 0.623. The zero-order valence-electron chi connectivity index (χ0n) is 16.4. The first-order chi connectivity index (χ1) is 14.0. The topological polar surface area (TPSA) is 66.9 Å². The molecular formula is C22H26N2O4S. The molecule has 0 aromatic heterocycles. The van der Waals surface area contributed by atoms with Crippen LogP contribution in [0.5, 0.6) is 0 Å². The Bertz CT molecular complexity index is 938. The number of sulfonamides is 1. The molecule has 0 aliphatic carbocycles. The van der Waals surface area contributed by atoms with Crippen LogP contribution < -0.4 is 0 Å². The van der Waals surface area contributed by atoms with Crippen LogP contribution in [0.25, 0.3) is 0 Å². The van der Waals surface area contributed by atoms with Gasteiger partial charge in [0.2, 0.25) is 10.0 Å². The van der Waals surface area contributed by atoms with Crippen molar-refractivity contribution in [2.24, 2.45) is 0 Å². The van der Waals surface area contributed by atoms with E-state index < -0.39 is 10.0 Å². The summed E-state index contributed by atoms with van der Waals surface area (Å²) in [4.78, 5) is 14.9. The fourth-order valence-corrected chi connectivity index (χ4v) is 4.70. The van der Waals surface area contributed by atoms with E-state index >= 15 is 0 Å². The number of ether oxygens (including phenoxy) is 1. The molecule has 0 unspecified atom stereocenters. The van der Waals surface area contributed by atoms with Crippen molar-refractivity contribution in [3.8, 4) is 0 Å². The van der Waals surface area contributed by atoms with Gasteiger partial charge < -0.3 is 9.64 Å². The Kier molecular flexibility index (Phi) is 7.19. The Morgan fingerprint density at radius 3 is 2.52 bits per heavy atom. The molecule has 2 aromatic rings. The molecule has 1 heterocycles. The van der Waals surface area contributed by atoms with Crippen molar-refractivity contribution in [2.45, 2.75) is 11.3 Å². The molecule has 29 heavy (non-hydrogen) atoms. The van der Waals surface area contributed by atoms with Gasteiger partial charge in [-0.3, -0.25) is 4.79 Å². The van der Waals surface area contributed by atoms with Crippen molar-refractivity contribution in [1.29, 1.82) is 0 Å². The Morgan fingerprint density at radius 2 is 1.83 bits per heavy atom. The van der Waals surface area contributed by atoms with E-state index in [9.17, 15) is 13.2 Å². The highest BCUT2D eigenvalue weighted by Gasteiger charge is 2.27. The maximum absolute atomic E-state index is 13.1. The summed E-state index contributed by atoms with van der Waals surface area (Å²) in [6.07, 6.45) is 2.39. The Hall–Kier alpha value is -2.48.